The maximum Gasteiger partial charge on any atom is 0.246 e. The molecule has 0 aliphatic carbocycles. The Balaban J connectivity index is 1.58. The van der Waals surface area contributed by atoms with E-state index in [0.717, 1.165) is 30.0 Å². The van der Waals surface area contributed by atoms with Crippen LogP contribution in [-0.2, 0) is 4.79 Å². The van der Waals surface area contributed by atoms with Crippen molar-refractivity contribution < 1.29 is 14.3 Å². The lowest BCUT2D eigenvalue weighted by Gasteiger charge is -2.36. The van der Waals surface area contributed by atoms with Crippen LogP contribution in [0.5, 0.6) is 11.5 Å². The van der Waals surface area contributed by atoms with E-state index in [0.29, 0.717) is 12.0 Å². The molecule has 0 spiro atoms. The standard InChI is InChI=1S/C19H23NO3/c1-14-7-8-15(2)20(12-14)19(21)6-4-3-5-16-9-10-17-18(11-16)23-13-22-17/h3-6,9-11,14-15H,7-8,12-13H2,1-2H3/b5-3+,6-4+. The van der Waals surface area contributed by atoms with Crippen LogP contribution in [0.3, 0.4) is 0 Å². The van der Waals surface area contributed by atoms with Crippen molar-refractivity contribution in [2.75, 3.05) is 13.3 Å². The largest absolute Gasteiger partial charge is 0.454 e. The van der Waals surface area contributed by atoms with Crippen LogP contribution in [0, 0.1) is 5.92 Å². The van der Waals surface area contributed by atoms with E-state index in [-0.39, 0.29) is 12.7 Å². The van der Waals surface area contributed by atoms with Crippen molar-refractivity contribution >= 4 is 12.0 Å². The summed E-state index contributed by atoms with van der Waals surface area (Å²) in [6.07, 6.45) is 9.59. The summed E-state index contributed by atoms with van der Waals surface area (Å²) >= 11 is 0. The van der Waals surface area contributed by atoms with E-state index in [1.54, 1.807) is 12.2 Å². The molecule has 4 nitrogen and oxygen atoms in total. The number of hydrogen-bond donors (Lipinski definition) is 0. The number of rotatable bonds is 3. The summed E-state index contributed by atoms with van der Waals surface area (Å²) in [5.74, 6) is 2.23. The monoisotopic (exact) mass is 313 g/mol. The lowest BCUT2D eigenvalue weighted by Crippen LogP contribution is -2.44. The smallest absolute Gasteiger partial charge is 0.246 e. The van der Waals surface area contributed by atoms with Crippen molar-refractivity contribution in [2.24, 2.45) is 5.92 Å². The van der Waals surface area contributed by atoms with Gasteiger partial charge in [0.05, 0.1) is 0 Å². The van der Waals surface area contributed by atoms with Gasteiger partial charge in [-0.3, -0.25) is 4.79 Å². The maximum atomic E-state index is 12.3. The third kappa shape index (κ3) is 3.76. The first-order valence-electron chi connectivity index (χ1n) is 8.18. The highest BCUT2D eigenvalue weighted by atomic mass is 16.7. The molecule has 1 aromatic rings. The van der Waals surface area contributed by atoms with Crippen LogP contribution in [0.25, 0.3) is 6.08 Å². The number of hydrogen-bond acceptors (Lipinski definition) is 3. The quantitative estimate of drug-likeness (QED) is 0.632. The molecule has 23 heavy (non-hydrogen) atoms. The van der Waals surface area contributed by atoms with Gasteiger partial charge in [-0.25, -0.2) is 0 Å². The first-order valence-corrected chi connectivity index (χ1v) is 8.18. The molecule has 0 saturated carbocycles. The lowest BCUT2D eigenvalue weighted by atomic mass is 9.95. The number of piperidine rings is 1. The average molecular weight is 313 g/mol. The molecule has 1 saturated heterocycles. The minimum atomic E-state index is 0.0967. The number of likely N-dealkylation sites (tertiary alicyclic amines) is 1. The first-order chi connectivity index (χ1) is 11.1. The van der Waals surface area contributed by atoms with Crippen molar-refractivity contribution in [1.29, 1.82) is 0 Å². The summed E-state index contributed by atoms with van der Waals surface area (Å²) in [7, 11) is 0. The van der Waals surface area contributed by atoms with Gasteiger partial charge in [-0.15, -0.1) is 0 Å². The molecule has 0 aromatic heterocycles. The third-order valence-electron chi connectivity index (χ3n) is 4.44. The fourth-order valence-corrected chi connectivity index (χ4v) is 3.01. The number of amides is 1. The predicted octanol–water partition coefficient (Wildman–Crippen LogP) is 3.63. The van der Waals surface area contributed by atoms with E-state index >= 15 is 0 Å². The molecule has 1 aromatic carbocycles. The Labute approximate surface area is 137 Å². The van der Waals surface area contributed by atoms with Gasteiger partial charge < -0.3 is 14.4 Å². The summed E-state index contributed by atoms with van der Waals surface area (Å²) < 4.78 is 10.6. The minimum absolute atomic E-state index is 0.0967. The molecular formula is C19H23NO3. The molecule has 1 amide bonds. The maximum absolute atomic E-state index is 12.3. The lowest BCUT2D eigenvalue weighted by molar-refractivity contribution is -0.130. The highest BCUT2D eigenvalue weighted by Gasteiger charge is 2.25. The number of carbonyl (C=O) groups excluding carboxylic acids is 1. The van der Waals surface area contributed by atoms with Gasteiger partial charge in [0.25, 0.3) is 0 Å². The SMILES string of the molecule is CC1CCC(C)N(C(=O)/C=C/C=C/c2ccc3c(c2)OCO3)C1. The van der Waals surface area contributed by atoms with Crippen molar-refractivity contribution in [3.05, 3.63) is 42.0 Å². The Morgan fingerprint density at radius 3 is 2.87 bits per heavy atom. The number of fused-ring (bicyclic) bond motifs is 1. The molecule has 2 atom stereocenters. The van der Waals surface area contributed by atoms with Gasteiger partial charge in [-0.05, 0) is 43.4 Å². The van der Waals surface area contributed by atoms with Crippen LogP contribution in [0.1, 0.15) is 32.3 Å². The molecule has 2 unspecified atom stereocenters. The number of nitrogens with zero attached hydrogens (tertiary/aromatic N) is 1. The molecule has 2 aliphatic rings. The number of benzene rings is 1. The van der Waals surface area contributed by atoms with Crippen molar-refractivity contribution in [1.82, 2.24) is 4.90 Å². The van der Waals surface area contributed by atoms with Gasteiger partial charge in [0.2, 0.25) is 12.7 Å². The number of allylic oxidation sites excluding steroid dienone is 2. The molecular weight excluding hydrogens is 290 g/mol. The summed E-state index contributed by atoms with van der Waals surface area (Å²) in [5, 5.41) is 0. The Kier molecular flexibility index (Phi) is 4.70. The number of ether oxygens (including phenoxy) is 2. The van der Waals surface area contributed by atoms with E-state index in [1.165, 1.54) is 6.42 Å². The van der Waals surface area contributed by atoms with Gasteiger partial charge >= 0.3 is 0 Å². The van der Waals surface area contributed by atoms with Crippen molar-refractivity contribution in [3.8, 4) is 11.5 Å². The van der Waals surface area contributed by atoms with E-state index in [4.69, 9.17) is 9.47 Å². The zero-order valence-corrected chi connectivity index (χ0v) is 13.7. The second kappa shape index (κ2) is 6.90. The normalized spacial score (nSPS) is 23.8. The molecule has 2 heterocycles. The summed E-state index contributed by atoms with van der Waals surface area (Å²) in [6, 6.07) is 6.13. The van der Waals surface area contributed by atoms with Crippen LogP contribution in [-0.4, -0.2) is 30.2 Å². The third-order valence-corrected chi connectivity index (χ3v) is 4.44. The zero-order chi connectivity index (χ0) is 16.2. The highest BCUT2D eigenvalue weighted by Crippen LogP contribution is 2.32. The minimum Gasteiger partial charge on any atom is -0.454 e. The van der Waals surface area contributed by atoms with Crippen LogP contribution in [0.2, 0.25) is 0 Å². The summed E-state index contributed by atoms with van der Waals surface area (Å²) in [4.78, 5) is 14.3. The van der Waals surface area contributed by atoms with Gasteiger partial charge in [-0.2, -0.15) is 0 Å². The number of carbonyl (C=O) groups is 1. The molecule has 0 bridgehead atoms. The predicted molar refractivity (Wildman–Crippen MR) is 90.3 cm³/mol. The zero-order valence-electron chi connectivity index (χ0n) is 13.7. The first kappa shape index (κ1) is 15.7. The Bertz CT molecular complexity index is 636. The Morgan fingerprint density at radius 2 is 2.00 bits per heavy atom. The van der Waals surface area contributed by atoms with E-state index in [1.807, 2.05) is 35.3 Å². The van der Waals surface area contributed by atoms with E-state index < -0.39 is 0 Å². The Morgan fingerprint density at radius 1 is 1.17 bits per heavy atom. The second-order valence-electron chi connectivity index (χ2n) is 6.35. The fourth-order valence-electron chi connectivity index (χ4n) is 3.01. The molecule has 4 heteroatoms. The van der Waals surface area contributed by atoms with Gasteiger partial charge in [0.1, 0.15) is 0 Å². The molecule has 3 rings (SSSR count). The molecule has 2 aliphatic heterocycles. The average Bonchev–Trinajstić information content (AvgIpc) is 3.01. The van der Waals surface area contributed by atoms with Crippen LogP contribution in [0.4, 0.5) is 0 Å². The van der Waals surface area contributed by atoms with Crippen molar-refractivity contribution in [2.45, 2.75) is 32.7 Å². The van der Waals surface area contributed by atoms with Crippen LogP contribution in [0.15, 0.2) is 36.4 Å². The molecule has 122 valence electrons. The molecule has 0 N–H and O–H groups in total. The van der Waals surface area contributed by atoms with Gasteiger partial charge in [0, 0.05) is 18.7 Å². The van der Waals surface area contributed by atoms with Crippen molar-refractivity contribution in [3.63, 3.8) is 0 Å². The summed E-state index contributed by atoms with van der Waals surface area (Å²) in [5.41, 5.74) is 1.02. The Hall–Kier alpha value is -2.23. The van der Waals surface area contributed by atoms with Crippen LogP contribution >= 0.6 is 0 Å². The molecule has 0 radical (unpaired) electrons. The highest BCUT2D eigenvalue weighted by molar-refractivity contribution is 5.88. The van der Waals surface area contributed by atoms with Gasteiger partial charge in [-0.1, -0.05) is 31.2 Å². The van der Waals surface area contributed by atoms with E-state index in [2.05, 4.69) is 13.8 Å². The second-order valence-corrected chi connectivity index (χ2v) is 6.35. The van der Waals surface area contributed by atoms with Crippen LogP contribution < -0.4 is 9.47 Å². The molecule has 1 fully saturated rings. The summed E-state index contributed by atoms with van der Waals surface area (Å²) in [6.45, 7) is 5.47. The topological polar surface area (TPSA) is 38.8 Å². The van der Waals surface area contributed by atoms with E-state index in [9.17, 15) is 4.79 Å². The fraction of sp³-hybridized carbons (Fsp3) is 0.421. The van der Waals surface area contributed by atoms with Gasteiger partial charge in [0.15, 0.2) is 11.5 Å².